The van der Waals surface area contributed by atoms with Crippen LogP contribution in [-0.4, -0.2) is 6.10 Å². The first-order chi connectivity index (χ1) is 9.34. The normalized spacial score (nSPS) is 16.5. The summed E-state index contributed by atoms with van der Waals surface area (Å²) in [7, 11) is 0. The molecule has 1 aliphatic carbocycles. The monoisotopic (exact) mass is 272 g/mol. The van der Waals surface area contributed by atoms with Crippen LogP contribution < -0.4 is 4.74 Å². The Kier molecular flexibility index (Phi) is 3.88. The zero-order valence-corrected chi connectivity index (χ0v) is 12.2. The topological polar surface area (TPSA) is 9.23 Å². The van der Waals surface area contributed by atoms with Crippen molar-refractivity contribution in [2.24, 2.45) is 0 Å². The highest BCUT2D eigenvalue weighted by Gasteiger charge is 2.17. The Morgan fingerprint density at radius 3 is 2.53 bits per heavy atom. The molecule has 100 valence electrons. The van der Waals surface area contributed by atoms with Gasteiger partial charge < -0.3 is 4.74 Å². The summed E-state index contributed by atoms with van der Waals surface area (Å²) in [6, 6.07) is 10.7. The van der Waals surface area contributed by atoms with Crippen molar-refractivity contribution in [1.82, 2.24) is 0 Å². The summed E-state index contributed by atoms with van der Waals surface area (Å²) in [6.07, 6.45) is 6.81. The molecule has 2 aromatic rings. The molecule has 1 aromatic heterocycles. The highest BCUT2D eigenvalue weighted by atomic mass is 32.1. The van der Waals surface area contributed by atoms with E-state index in [4.69, 9.17) is 4.74 Å². The lowest BCUT2D eigenvalue weighted by atomic mass is 9.97. The third kappa shape index (κ3) is 2.84. The standard InChI is InChI=1S/C17H20OS/c1-13-15(11-12-19-13)16-9-5-6-10-17(16)18-14-7-3-2-4-8-14/h5-6,9-12,14H,2-4,7-8H2,1H3. The molecule has 0 atom stereocenters. The van der Waals surface area contributed by atoms with Crippen LogP contribution in [0.3, 0.4) is 0 Å². The molecule has 0 unspecified atom stereocenters. The Balaban J connectivity index is 1.87. The number of hydrogen-bond donors (Lipinski definition) is 0. The molecular formula is C17H20OS. The van der Waals surface area contributed by atoms with Crippen LogP contribution in [-0.2, 0) is 0 Å². The van der Waals surface area contributed by atoms with Crippen molar-refractivity contribution in [3.63, 3.8) is 0 Å². The lowest BCUT2D eigenvalue weighted by Crippen LogP contribution is -2.19. The molecule has 0 amide bonds. The van der Waals surface area contributed by atoms with Gasteiger partial charge in [0.25, 0.3) is 0 Å². The van der Waals surface area contributed by atoms with Crippen LogP contribution in [0, 0.1) is 6.92 Å². The zero-order chi connectivity index (χ0) is 13.1. The quantitative estimate of drug-likeness (QED) is 0.723. The Morgan fingerprint density at radius 1 is 1.00 bits per heavy atom. The molecule has 1 heterocycles. The fourth-order valence-corrected chi connectivity index (χ4v) is 3.53. The molecule has 1 saturated carbocycles. The van der Waals surface area contributed by atoms with E-state index in [9.17, 15) is 0 Å². The summed E-state index contributed by atoms with van der Waals surface area (Å²) in [5, 5.41) is 2.15. The molecular weight excluding hydrogens is 252 g/mol. The molecule has 2 heteroatoms. The Bertz CT molecular complexity index is 538. The molecule has 19 heavy (non-hydrogen) atoms. The second-order valence-corrected chi connectivity index (χ2v) is 6.38. The minimum absolute atomic E-state index is 0.411. The number of rotatable bonds is 3. The van der Waals surface area contributed by atoms with Crippen molar-refractivity contribution < 1.29 is 4.74 Å². The van der Waals surface area contributed by atoms with Gasteiger partial charge in [-0.25, -0.2) is 0 Å². The number of thiophene rings is 1. The fourth-order valence-electron chi connectivity index (χ4n) is 2.82. The predicted molar refractivity (Wildman–Crippen MR) is 82.0 cm³/mol. The maximum Gasteiger partial charge on any atom is 0.127 e. The van der Waals surface area contributed by atoms with Gasteiger partial charge in [-0.3, -0.25) is 0 Å². The Morgan fingerprint density at radius 2 is 1.79 bits per heavy atom. The average Bonchev–Trinajstić information content (AvgIpc) is 2.87. The lowest BCUT2D eigenvalue weighted by Gasteiger charge is -2.24. The highest BCUT2D eigenvalue weighted by Crippen LogP contribution is 2.36. The predicted octanol–water partition coefficient (Wildman–Crippen LogP) is 5.44. The third-order valence-corrected chi connectivity index (χ3v) is 4.73. The van der Waals surface area contributed by atoms with Crippen molar-refractivity contribution in [3.05, 3.63) is 40.6 Å². The summed E-state index contributed by atoms with van der Waals surface area (Å²) in [6.45, 7) is 2.18. The van der Waals surface area contributed by atoms with Gasteiger partial charge in [0.15, 0.2) is 0 Å². The van der Waals surface area contributed by atoms with Gasteiger partial charge in [-0.1, -0.05) is 24.6 Å². The molecule has 0 bridgehead atoms. The molecule has 1 aliphatic rings. The number of para-hydroxylation sites is 1. The van der Waals surface area contributed by atoms with Crippen molar-refractivity contribution >= 4 is 11.3 Å². The Hall–Kier alpha value is -1.28. The number of ether oxygens (including phenoxy) is 1. The maximum atomic E-state index is 6.27. The van der Waals surface area contributed by atoms with Gasteiger partial charge in [0.05, 0.1) is 6.10 Å². The highest BCUT2D eigenvalue weighted by molar-refractivity contribution is 7.10. The number of aryl methyl sites for hydroxylation is 1. The molecule has 0 spiro atoms. The van der Waals surface area contributed by atoms with E-state index in [1.54, 1.807) is 11.3 Å². The van der Waals surface area contributed by atoms with Gasteiger partial charge in [0.2, 0.25) is 0 Å². The van der Waals surface area contributed by atoms with E-state index in [-0.39, 0.29) is 0 Å². The van der Waals surface area contributed by atoms with Crippen LogP contribution in [0.4, 0.5) is 0 Å². The van der Waals surface area contributed by atoms with Crippen LogP contribution in [0.2, 0.25) is 0 Å². The number of hydrogen-bond acceptors (Lipinski definition) is 2. The van der Waals surface area contributed by atoms with Crippen LogP contribution in [0.1, 0.15) is 37.0 Å². The zero-order valence-electron chi connectivity index (χ0n) is 11.4. The summed E-state index contributed by atoms with van der Waals surface area (Å²) in [5.74, 6) is 1.05. The van der Waals surface area contributed by atoms with Crippen molar-refractivity contribution in [2.45, 2.75) is 45.1 Å². The summed E-state index contributed by atoms with van der Waals surface area (Å²) in [4.78, 5) is 1.36. The van der Waals surface area contributed by atoms with Gasteiger partial charge in [0, 0.05) is 10.4 Å². The van der Waals surface area contributed by atoms with E-state index in [1.165, 1.54) is 48.1 Å². The third-order valence-electron chi connectivity index (χ3n) is 3.88. The lowest BCUT2D eigenvalue weighted by molar-refractivity contribution is 0.156. The van der Waals surface area contributed by atoms with E-state index in [2.05, 4.69) is 42.6 Å². The van der Waals surface area contributed by atoms with Gasteiger partial charge in [0.1, 0.15) is 5.75 Å². The first-order valence-corrected chi connectivity index (χ1v) is 8.03. The average molecular weight is 272 g/mol. The molecule has 0 radical (unpaired) electrons. The minimum atomic E-state index is 0.411. The van der Waals surface area contributed by atoms with Crippen LogP contribution in [0.25, 0.3) is 11.1 Å². The smallest absolute Gasteiger partial charge is 0.127 e. The van der Waals surface area contributed by atoms with Crippen LogP contribution >= 0.6 is 11.3 Å². The van der Waals surface area contributed by atoms with Gasteiger partial charge in [-0.15, -0.1) is 11.3 Å². The van der Waals surface area contributed by atoms with E-state index in [0.717, 1.165) is 5.75 Å². The van der Waals surface area contributed by atoms with Gasteiger partial charge in [-0.05, 0) is 55.7 Å². The molecule has 0 N–H and O–H groups in total. The van der Waals surface area contributed by atoms with Crippen molar-refractivity contribution in [2.75, 3.05) is 0 Å². The van der Waals surface area contributed by atoms with Crippen molar-refractivity contribution in [3.8, 4) is 16.9 Å². The van der Waals surface area contributed by atoms with Crippen LogP contribution in [0.15, 0.2) is 35.7 Å². The summed E-state index contributed by atoms with van der Waals surface area (Å²) >= 11 is 1.80. The second-order valence-electron chi connectivity index (χ2n) is 5.26. The second kappa shape index (κ2) is 5.79. The molecule has 1 aromatic carbocycles. The summed E-state index contributed by atoms with van der Waals surface area (Å²) < 4.78 is 6.27. The molecule has 0 aliphatic heterocycles. The van der Waals surface area contributed by atoms with Crippen LogP contribution in [0.5, 0.6) is 5.75 Å². The van der Waals surface area contributed by atoms with E-state index >= 15 is 0 Å². The molecule has 3 rings (SSSR count). The molecule has 0 saturated heterocycles. The first-order valence-electron chi connectivity index (χ1n) is 7.15. The minimum Gasteiger partial charge on any atom is -0.490 e. The largest absolute Gasteiger partial charge is 0.490 e. The fraction of sp³-hybridized carbons (Fsp3) is 0.412. The number of benzene rings is 1. The Labute approximate surface area is 119 Å². The summed E-state index contributed by atoms with van der Waals surface area (Å²) in [5.41, 5.74) is 2.56. The maximum absolute atomic E-state index is 6.27. The van der Waals surface area contributed by atoms with Gasteiger partial charge >= 0.3 is 0 Å². The SMILES string of the molecule is Cc1sccc1-c1ccccc1OC1CCCCC1. The molecule has 1 nitrogen and oxygen atoms in total. The van der Waals surface area contributed by atoms with E-state index in [1.807, 2.05) is 0 Å². The van der Waals surface area contributed by atoms with Gasteiger partial charge in [-0.2, -0.15) is 0 Å². The van der Waals surface area contributed by atoms with E-state index in [0.29, 0.717) is 6.10 Å². The van der Waals surface area contributed by atoms with Crippen molar-refractivity contribution in [1.29, 1.82) is 0 Å². The first kappa shape index (κ1) is 12.7. The van der Waals surface area contributed by atoms with E-state index < -0.39 is 0 Å². The molecule has 1 fully saturated rings.